The highest BCUT2D eigenvalue weighted by Crippen LogP contribution is 2.40. The number of ether oxygens (including phenoxy) is 2. The van der Waals surface area contributed by atoms with Crippen molar-refractivity contribution in [2.75, 3.05) is 0 Å². The molecule has 0 amide bonds. The van der Waals surface area contributed by atoms with Crippen LogP contribution in [0.1, 0.15) is 18.4 Å². The summed E-state index contributed by atoms with van der Waals surface area (Å²) in [5.74, 6) is 1.00. The van der Waals surface area contributed by atoms with Gasteiger partial charge in [-0.05, 0) is 24.3 Å². The molecule has 94 valence electrons. The van der Waals surface area contributed by atoms with Gasteiger partial charge >= 0.3 is 6.16 Å². The zero-order valence-corrected chi connectivity index (χ0v) is 10.1. The number of carbonyl (C=O) groups is 1. The van der Waals surface area contributed by atoms with Crippen molar-refractivity contribution in [1.29, 1.82) is 0 Å². The summed E-state index contributed by atoms with van der Waals surface area (Å²) < 4.78 is 10.5. The largest absolute Gasteiger partial charge is 0.508 e. The van der Waals surface area contributed by atoms with Crippen molar-refractivity contribution in [2.24, 2.45) is 11.8 Å². The standard InChI is InChI=1S/C15H16O3/c16-15(17-10-11-4-2-1-3-5-11)18-14-9-12-6-7-13(14)8-12/h1-7,12-14H,8-10H2. The van der Waals surface area contributed by atoms with E-state index in [1.165, 1.54) is 0 Å². The quantitative estimate of drug-likeness (QED) is 0.604. The second-order valence-electron chi connectivity index (χ2n) is 4.96. The summed E-state index contributed by atoms with van der Waals surface area (Å²) in [6, 6.07) is 9.63. The van der Waals surface area contributed by atoms with Gasteiger partial charge in [-0.15, -0.1) is 0 Å². The Morgan fingerprint density at radius 1 is 1.17 bits per heavy atom. The van der Waals surface area contributed by atoms with Crippen molar-refractivity contribution >= 4 is 6.16 Å². The minimum Gasteiger partial charge on any atom is -0.430 e. The number of hydrogen-bond donors (Lipinski definition) is 0. The summed E-state index contributed by atoms with van der Waals surface area (Å²) in [7, 11) is 0. The second kappa shape index (κ2) is 4.84. The van der Waals surface area contributed by atoms with Gasteiger partial charge in [-0.3, -0.25) is 0 Å². The van der Waals surface area contributed by atoms with Crippen LogP contribution in [-0.4, -0.2) is 12.3 Å². The Balaban J connectivity index is 1.47. The van der Waals surface area contributed by atoms with Gasteiger partial charge in [0.2, 0.25) is 0 Å². The van der Waals surface area contributed by atoms with Crippen molar-refractivity contribution in [1.82, 2.24) is 0 Å². The van der Waals surface area contributed by atoms with E-state index in [0.717, 1.165) is 18.4 Å². The fourth-order valence-electron chi connectivity index (χ4n) is 2.74. The number of rotatable bonds is 3. The SMILES string of the molecule is O=C(OCc1ccccc1)OC1CC2C=CC1C2. The summed E-state index contributed by atoms with van der Waals surface area (Å²) in [5.41, 5.74) is 0.974. The van der Waals surface area contributed by atoms with E-state index in [-0.39, 0.29) is 12.7 Å². The summed E-state index contributed by atoms with van der Waals surface area (Å²) in [4.78, 5) is 11.6. The van der Waals surface area contributed by atoms with Crippen LogP contribution >= 0.6 is 0 Å². The van der Waals surface area contributed by atoms with Crippen molar-refractivity contribution < 1.29 is 14.3 Å². The summed E-state index contributed by atoms with van der Waals surface area (Å²) in [6.07, 6.45) is 5.91. The van der Waals surface area contributed by atoms with Crippen LogP contribution in [0, 0.1) is 11.8 Å². The zero-order chi connectivity index (χ0) is 12.4. The Morgan fingerprint density at radius 3 is 2.67 bits per heavy atom. The number of carbonyl (C=O) groups excluding carboxylic acids is 1. The lowest BCUT2D eigenvalue weighted by molar-refractivity contribution is 0.0111. The molecule has 3 heteroatoms. The predicted molar refractivity (Wildman–Crippen MR) is 66.9 cm³/mol. The molecule has 1 fully saturated rings. The maximum Gasteiger partial charge on any atom is 0.508 e. The molecule has 0 aromatic heterocycles. The van der Waals surface area contributed by atoms with Crippen molar-refractivity contribution in [3.8, 4) is 0 Å². The molecule has 3 nitrogen and oxygen atoms in total. The molecule has 1 aromatic carbocycles. The minimum absolute atomic E-state index is 0.0169. The Bertz CT molecular complexity index is 452. The van der Waals surface area contributed by atoms with Gasteiger partial charge in [0.25, 0.3) is 0 Å². The number of hydrogen-bond acceptors (Lipinski definition) is 3. The third-order valence-corrected chi connectivity index (χ3v) is 3.67. The van der Waals surface area contributed by atoms with E-state index in [1.807, 2.05) is 30.3 Å². The van der Waals surface area contributed by atoms with Crippen molar-refractivity contribution in [3.05, 3.63) is 48.0 Å². The molecule has 0 radical (unpaired) electrons. The van der Waals surface area contributed by atoms with E-state index in [4.69, 9.17) is 9.47 Å². The van der Waals surface area contributed by atoms with E-state index in [2.05, 4.69) is 12.2 Å². The van der Waals surface area contributed by atoms with Crippen LogP contribution in [0.3, 0.4) is 0 Å². The molecule has 3 atom stereocenters. The zero-order valence-electron chi connectivity index (χ0n) is 10.1. The molecule has 0 spiro atoms. The van der Waals surface area contributed by atoms with E-state index >= 15 is 0 Å². The monoisotopic (exact) mass is 244 g/mol. The molecule has 3 unspecified atom stereocenters. The van der Waals surface area contributed by atoms with Crippen LogP contribution < -0.4 is 0 Å². The molecule has 2 bridgehead atoms. The predicted octanol–water partition coefficient (Wildman–Crippen LogP) is 3.30. The minimum atomic E-state index is -0.551. The first-order valence-corrected chi connectivity index (χ1v) is 6.37. The van der Waals surface area contributed by atoms with Crippen molar-refractivity contribution in [2.45, 2.75) is 25.6 Å². The van der Waals surface area contributed by atoms with Gasteiger partial charge in [0, 0.05) is 5.92 Å². The summed E-state index contributed by atoms with van der Waals surface area (Å²) in [6.45, 7) is 0.274. The summed E-state index contributed by atoms with van der Waals surface area (Å²) >= 11 is 0. The molecular weight excluding hydrogens is 228 g/mol. The Hall–Kier alpha value is -1.77. The Kier molecular flexibility index (Phi) is 3.05. The van der Waals surface area contributed by atoms with Crippen LogP contribution in [0.2, 0.25) is 0 Å². The fourth-order valence-corrected chi connectivity index (χ4v) is 2.74. The van der Waals surface area contributed by atoms with Gasteiger partial charge in [0.15, 0.2) is 0 Å². The molecule has 0 aliphatic heterocycles. The summed E-state index contributed by atoms with van der Waals surface area (Å²) in [5, 5.41) is 0. The van der Waals surface area contributed by atoms with Gasteiger partial charge in [-0.25, -0.2) is 4.79 Å². The maximum absolute atomic E-state index is 11.6. The molecule has 18 heavy (non-hydrogen) atoms. The molecule has 0 heterocycles. The third kappa shape index (κ3) is 2.40. The van der Waals surface area contributed by atoms with Gasteiger partial charge < -0.3 is 9.47 Å². The van der Waals surface area contributed by atoms with Gasteiger partial charge in [-0.1, -0.05) is 42.5 Å². The van der Waals surface area contributed by atoms with E-state index in [9.17, 15) is 4.79 Å². The van der Waals surface area contributed by atoms with Crippen LogP contribution in [0.4, 0.5) is 4.79 Å². The lowest BCUT2D eigenvalue weighted by atomic mass is 10.1. The van der Waals surface area contributed by atoms with E-state index < -0.39 is 6.16 Å². The lowest BCUT2D eigenvalue weighted by Crippen LogP contribution is -2.22. The highest BCUT2D eigenvalue weighted by molar-refractivity contribution is 5.60. The van der Waals surface area contributed by atoms with Crippen LogP contribution in [0.15, 0.2) is 42.5 Å². The Morgan fingerprint density at radius 2 is 2.00 bits per heavy atom. The second-order valence-corrected chi connectivity index (χ2v) is 4.96. The highest BCUT2D eigenvalue weighted by Gasteiger charge is 2.38. The van der Waals surface area contributed by atoms with Gasteiger partial charge in [-0.2, -0.15) is 0 Å². The Labute approximate surface area is 106 Å². The van der Waals surface area contributed by atoms with Gasteiger partial charge in [0.1, 0.15) is 12.7 Å². The lowest BCUT2D eigenvalue weighted by Gasteiger charge is -2.18. The maximum atomic E-state index is 11.6. The van der Waals surface area contributed by atoms with Gasteiger partial charge in [0.05, 0.1) is 0 Å². The van der Waals surface area contributed by atoms with E-state index in [1.54, 1.807) is 0 Å². The first kappa shape index (κ1) is 11.3. The first-order valence-electron chi connectivity index (χ1n) is 6.37. The van der Waals surface area contributed by atoms with Crippen LogP contribution in [0.5, 0.6) is 0 Å². The van der Waals surface area contributed by atoms with Crippen LogP contribution in [-0.2, 0) is 16.1 Å². The molecule has 1 aromatic rings. The average molecular weight is 244 g/mol. The topological polar surface area (TPSA) is 35.5 Å². The fraction of sp³-hybridized carbons (Fsp3) is 0.400. The molecular formula is C15H16O3. The molecule has 0 saturated heterocycles. The highest BCUT2D eigenvalue weighted by atomic mass is 16.7. The molecule has 2 aliphatic carbocycles. The normalized spacial score (nSPS) is 28.3. The molecule has 1 saturated carbocycles. The first-order chi connectivity index (χ1) is 8.81. The third-order valence-electron chi connectivity index (χ3n) is 3.67. The molecule has 2 aliphatic rings. The molecule has 0 N–H and O–H groups in total. The number of benzene rings is 1. The van der Waals surface area contributed by atoms with Crippen LogP contribution in [0.25, 0.3) is 0 Å². The number of fused-ring (bicyclic) bond motifs is 2. The number of allylic oxidation sites excluding steroid dienone is 1. The average Bonchev–Trinajstić information content (AvgIpc) is 3.00. The molecule has 3 rings (SSSR count). The van der Waals surface area contributed by atoms with Crippen molar-refractivity contribution in [3.63, 3.8) is 0 Å². The van der Waals surface area contributed by atoms with E-state index in [0.29, 0.717) is 11.8 Å². The smallest absolute Gasteiger partial charge is 0.430 e.